The van der Waals surface area contributed by atoms with Crippen LogP contribution in [0.5, 0.6) is 0 Å². The standard InChI is InChI=1S/C8H16N4O/c1-3-13-7-8-6-12(11-10-8)5-4-9-2/h6,9H,3-5,7H2,1-2H3. The van der Waals surface area contributed by atoms with Crippen LogP contribution in [-0.2, 0) is 17.9 Å². The zero-order valence-corrected chi connectivity index (χ0v) is 8.16. The summed E-state index contributed by atoms with van der Waals surface area (Å²) in [6.07, 6.45) is 1.91. The third kappa shape index (κ3) is 3.52. The van der Waals surface area contributed by atoms with E-state index in [1.807, 2.05) is 24.9 Å². The van der Waals surface area contributed by atoms with Gasteiger partial charge in [-0.2, -0.15) is 0 Å². The van der Waals surface area contributed by atoms with E-state index in [1.54, 1.807) is 0 Å². The molecule has 0 aliphatic rings. The van der Waals surface area contributed by atoms with Crippen molar-refractivity contribution in [1.29, 1.82) is 0 Å². The Morgan fingerprint density at radius 3 is 3.15 bits per heavy atom. The quantitative estimate of drug-likeness (QED) is 0.678. The van der Waals surface area contributed by atoms with Gasteiger partial charge in [-0.1, -0.05) is 5.21 Å². The van der Waals surface area contributed by atoms with Crippen LogP contribution in [0.4, 0.5) is 0 Å². The van der Waals surface area contributed by atoms with Crippen LogP contribution in [0, 0.1) is 0 Å². The van der Waals surface area contributed by atoms with Crippen LogP contribution in [0.15, 0.2) is 6.20 Å². The van der Waals surface area contributed by atoms with Crippen molar-refractivity contribution in [1.82, 2.24) is 20.3 Å². The lowest BCUT2D eigenvalue weighted by atomic mass is 10.5. The maximum absolute atomic E-state index is 5.21. The van der Waals surface area contributed by atoms with Gasteiger partial charge in [0.25, 0.3) is 0 Å². The Balaban J connectivity index is 2.34. The number of ether oxygens (including phenoxy) is 1. The molecule has 1 aromatic rings. The van der Waals surface area contributed by atoms with Gasteiger partial charge >= 0.3 is 0 Å². The van der Waals surface area contributed by atoms with Crippen molar-refractivity contribution in [2.75, 3.05) is 20.2 Å². The van der Waals surface area contributed by atoms with Crippen LogP contribution in [-0.4, -0.2) is 35.2 Å². The second-order valence-corrected chi connectivity index (χ2v) is 2.71. The summed E-state index contributed by atoms with van der Waals surface area (Å²) in [6.45, 7) is 4.97. The van der Waals surface area contributed by atoms with E-state index in [1.165, 1.54) is 0 Å². The molecular weight excluding hydrogens is 168 g/mol. The SMILES string of the molecule is CCOCc1cn(CCNC)nn1. The summed E-state index contributed by atoms with van der Waals surface area (Å²) in [5.41, 5.74) is 0.887. The minimum atomic E-state index is 0.552. The molecule has 0 aliphatic heterocycles. The van der Waals surface area contributed by atoms with Crippen molar-refractivity contribution in [3.63, 3.8) is 0 Å². The zero-order chi connectivity index (χ0) is 9.52. The summed E-state index contributed by atoms with van der Waals surface area (Å²) in [5, 5.41) is 11.0. The zero-order valence-electron chi connectivity index (χ0n) is 8.16. The number of nitrogens with one attached hydrogen (secondary N) is 1. The second kappa shape index (κ2) is 5.66. The van der Waals surface area contributed by atoms with Gasteiger partial charge in [0.2, 0.25) is 0 Å². The fraction of sp³-hybridized carbons (Fsp3) is 0.750. The summed E-state index contributed by atoms with van der Waals surface area (Å²) in [7, 11) is 1.91. The van der Waals surface area contributed by atoms with Crippen LogP contribution < -0.4 is 5.32 Å². The molecule has 0 aliphatic carbocycles. The molecule has 0 atom stereocenters. The van der Waals surface area contributed by atoms with E-state index in [4.69, 9.17) is 4.74 Å². The van der Waals surface area contributed by atoms with Gasteiger partial charge in [0, 0.05) is 13.2 Å². The van der Waals surface area contributed by atoms with E-state index in [2.05, 4.69) is 15.6 Å². The summed E-state index contributed by atoms with van der Waals surface area (Å²) in [6, 6.07) is 0. The van der Waals surface area contributed by atoms with Crippen LogP contribution in [0.25, 0.3) is 0 Å². The average Bonchev–Trinajstić information content (AvgIpc) is 2.59. The fourth-order valence-corrected chi connectivity index (χ4v) is 0.947. The average molecular weight is 184 g/mol. The molecule has 0 fully saturated rings. The highest BCUT2D eigenvalue weighted by Crippen LogP contribution is 1.94. The topological polar surface area (TPSA) is 52.0 Å². The second-order valence-electron chi connectivity index (χ2n) is 2.71. The van der Waals surface area contributed by atoms with Crippen molar-refractivity contribution in [2.24, 2.45) is 0 Å². The molecule has 74 valence electrons. The summed E-state index contributed by atoms with van der Waals surface area (Å²) in [4.78, 5) is 0. The molecule has 0 spiro atoms. The van der Waals surface area contributed by atoms with Crippen molar-refractivity contribution >= 4 is 0 Å². The normalized spacial score (nSPS) is 10.6. The molecule has 1 N–H and O–H groups in total. The maximum Gasteiger partial charge on any atom is 0.108 e. The van der Waals surface area contributed by atoms with E-state index in [0.29, 0.717) is 13.2 Å². The van der Waals surface area contributed by atoms with Crippen LogP contribution in [0.3, 0.4) is 0 Å². The molecule has 5 heteroatoms. The maximum atomic E-state index is 5.21. The predicted octanol–water partition coefficient (Wildman–Crippen LogP) is 0.0340. The van der Waals surface area contributed by atoms with E-state index < -0.39 is 0 Å². The minimum Gasteiger partial charge on any atom is -0.375 e. The first-order chi connectivity index (χ1) is 6.36. The van der Waals surface area contributed by atoms with Crippen molar-refractivity contribution in [3.05, 3.63) is 11.9 Å². The van der Waals surface area contributed by atoms with E-state index >= 15 is 0 Å². The lowest BCUT2D eigenvalue weighted by molar-refractivity contribution is 0.131. The van der Waals surface area contributed by atoms with Gasteiger partial charge in [0.15, 0.2) is 0 Å². The van der Waals surface area contributed by atoms with Gasteiger partial charge in [-0.3, -0.25) is 4.68 Å². The lowest BCUT2D eigenvalue weighted by Crippen LogP contribution is -2.15. The summed E-state index contributed by atoms with van der Waals surface area (Å²) >= 11 is 0. The van der Waals surface area contributed by atoms with Gasteiger partial charge in [-0.15, -0.1) is 5.10 Å². The molecule has 0 unspecified atom stereocenters. The van der Waals surface area contributed by atoms with Gasteiger partial charge in [0.05, 0.1) is 19.3 Å². The Labute approximate surface area is 78.1 Å². The predicted molar refractivity (Wildman–Crippen MR) is 49.3 cm³/mol. The first kappa shape index (κ1) is 10.1. The van der Waals surface area contributed by atoms with Crippen molar-refractivity contribution < 1.29 is 4.74 Å². The molecule has 0 amide bonds. The largest absolute Gasteiger partial charge is 0.375 e. The molecule has 13 heavy (non-hydrogen) atoms. The third-order valence-corrected chi connectivity index (χ3v) is 1.63. The highest BCUT2D eigenvalue weighted by molar-refractivity contribution is 4.89. The lowest BCUT2D eigenvalue weighted by Gasteiger charge is -1.97. The van der Waals surface area contributed by atoms with Gasteiger partial charge in [-0.25, -0.2) is 0 Å². The minimum absolute atomic E-state index is 0.552. The van der Waals surface area contributed by atoms with Gasteiger partial charge in [0.1, 0.15) is 5.69 Å². The molecule has 0 aromatic carbocycles. The first-order valence-corrected chi connectivity index (χ1v) is 4.48. The fourth-order valence-electron chi connectivity index (χ4n) is 0.947. The van der Waals surface area contributed by atoms with Crippen molar-refractivity contribution in [3.8, 4) is 0 Å². The molecule has 0 radical (unpaired) electrons. The molecule has 1 heterocycles. The summed E-state index contributed by atoms with van der Waals surface area (Å²) < 4.78 is 7.02. The monoisotopic (exact) mass is 184 g/mol. The number of nitrogens with zero attached hydrogens (tertiary/aromatic N) is 3. The molecule has 0 saturated carbocycles. The Kier molecular flexibility index (Phi) is 4.42. The Morgan fingerprint density at radius 2 is 2.46 bits per heavy atom. The van der Waals surface area contributed by atoms with Crippen LogP contribution >= 0.6 is 0 Å². The van der Waals surface area contributed by atoms with E-state index in [-0.39, 0.29) is 0 Å². The molecule has 0 bridgehead atoms. The number of hydrogen-bond donors (Lipinski definition) is 1. The Morgan fingerprint density at radius 1 is 1.62 bits per heavy atom. The molecule has 1 rings (SSSR count). The molecule has 5 nitrogen and oxygen atoms in total. The van der Waals surface area contributed by atoms with Crippen molar-refractivity contribution in [2.45, 2.75) is 20.1 Å². The third-order valence-electron chi connectivity index (χ3n) is 1.63. The number of hydrogen-bond acceptors (Lipinski definition) is 4. The number of rotatable bonds is 6. The van der Waals surface area contributed by atoms with Gasteiger partial charge in [-0.05, 0) is 14.0 Å². The first-order valence-electron chi connectivity index (χ1n) is 4.48. The van der Waals surface area contributed by atoms with E-state index in [0.717, 1.165) is 18.8 Å². The Hall–Kier alpha value is -0.940. The number of likely N-dealkylation sites (N-methyl/N-ethyl adjacent to an activating group) is 1. The highest BCUT2D eigenvalue weighted by Gasteiger charge is 1.98. The molecular formula is C8H16N4O. The smallest absolute Gasteiger partial charge is 0.108 e. The van der Waals surface area contributed by atoms with Crippen LogP contribution in [0.1, 0.15) is 12.6 Å². The van der Waals surface area contributed by atoms with E-state index in [9.17, 15) is 0 Å². The van der Waals surface area contributed by atoms with Gasteiger partial charge < -0.3 is 10.1 Å². The molecule has 1 aromatic heterocycles. The van der Waals surface area contributed by atoms with Crippen LogP contribution in [0.2, 0.25) is 0 Å². The summed E-state index contributed by atoms with van der Waals surface area (Å²) in [5.74, 6) is 0. The number of aromatic nitrogens is 3. The molecule has 0 saturated heterocycles. The Bertz CT molecular complexity index is 213. The highest BCUT2D eigenvalue weighted by atomic mass is 16.5.